The van der Waals surface area contributed by atoms with Crippen molar-refractivity contribution in [2.45, 2.75) is 26.8 Å². The zero-order chi connectivity index (χ0) is 10.7. The van der Waals surface area contributed by atoms with Crippen LogP contribution in [0.1, 0.15) is 31.0 Å². The van der Waals surface area contributed by atoms with Crippen molar-refractivity contribution in [1.82, 2.24) is 5.32 Å². The molecule has 0 saturated heterocycles. The minimum Gasteiger partial charge on any atom is -0.313 e. The topological polar surface area (TPSA) is 12.0 Å². The van der Waals surface area contributed by atoms with Gasteiger partial charge in [-0.3, -0.25) is 0 Å². The van der Waals surface area contributed by atoms with Crippen molar-refractivity contribution in [3.8, 4) is 0 Å². The number of rotatable bonds is 3. The second-order valence-electron chi connectivity index (χ2n) is 4.01. The zero-order valence-electron chi connectivity index (χ0n) is 9.26. The third kappa shape index (κ3) is 2.58. The van der Waals surface area contributed by atoms with Gasteiger partial charge in [0.1, 0.15) is 0 Å². The summed E-state index contributed by atoms with van der Waals surface area (Å²) in [5.41, 5.74) is 2.73. The van der Waals surface area contributed by atoms with Crippen LogP contribution in [0.3, 0.4) is 0 Å². The van der Waals surface area contributed by atoms with E-state index in [-0.39, 0.29) is 0 Å². The van der Waals surface area contributed by atoms with Gasteiger partial charge in [0, 0.05) is 10.5 Å². The Kier molecular flexibility index (Phi) is 4.14. The van der Waals surface area contributed by atoms with E-state index in [9.17, 15) is 0 Å². The van der Waals surface area contributed by atoms with Gasteiger partial charge < -0.3 is 5.32 Å². The van der Waals surface area contributed by atoms with Crippen LogP contribution in [-0.2, 0) is 0 Å². The molecule has 0 radical (unpaired) electrons. The summed E-state index contributed by atoms with van der Waals surface area (Å²) in [4.78, 5) is 0. The van der Waals surface area contributed by atoms with E-state index in [0.29, 0.717) is 12.0 Å². The standard InChI is InChI=1S/C12H18BrN/c1-8(2)12(14-4)11-6-5-10(13)7-9(11)3/h5-8,12,14H,1-4H3. The van der Waals surface area contributed by atoms with Gasteiger partial charge in [-0.15, -0.1) is 0 Å². The van der Waals surface area contributed by atoms with Crippen LogP contribution in [0.15, 0.2) is 22.7 Å². The smallest absolute Gasteiger partial charge is 0.0343 e. The molecular formula is C12H18BrN. The first-order chi connectivity index (χ1) is 6.56. The van der Waals surface area contributed by atoms with Crippen molar-refractivity contribution in [1.29, 1.82) is 0 Å². The molecule has 1 unspecified atom stereocenters. The first-order valence-corrected chi connectivity index (χ1v) is 5.79. The normalized spacial score (nSPS) is 13.3. The Bertz CT molecular complexity index is 307. The molecule has 0 aliphatic rings. The van der Waals surface area contributed by atoms with Crippen LogP contribution in [0.5, 0.6) is 0 Å². The van der Waals surface area contributed by atoms with Gasteiger partial charge >= 0.3 is 0 Å². The molecule has 1 N–H and O–H groups in total. The Balaban J connectivity index is 3.04. The van der Waals surface area contributed by atoms with Gasteiger partial charge in [-0.05, 0) is 43.1 Å². The third-order valence-electron chi connectivity index (χ3n) is 2.54. The lowest BCUT2D eigenvalue weighted by Crippen LogP contribution is -2.22. The summed E-state index contributed by atoms with van der Waals surface area (Å²) in [6.07, 6.45) is 0. The molecule has 0 aromatic heterocycles. The molecule has 0 aliphatic heterocycles. The molecule has 1 aromatic rings. The monoisotopic (exact) mass is 255 g/mol. The number of hydrogen-bond donors (Lipinski definition) is 1. The van der Waals surface area contributed by atoms with E-state index in [1.54, 1.807) is 0 Å². The van der Waals surface area contributed by atoms with Gasteiger partial charge in [-0.1, -0.05) is 35.8 Å². The molecule has 1 rings (SSSR count). The van der Waals surface area contributed by atoms with E-state index in [1.165, 1.54) is 11.1 Å². The third-order valence-corrected chi connectivity index (χ3v) is 3.04. The Morgan fingerprint density at radius 3 is 2.36 bits per heavy atom. The molecule has 0 fully saturated rings. The summed E-state index contributed by atoms with van der Waals surface area (Å²) in [6.45, 7) is 6.64. The summed E-state index contributed by atoms with van der Waals surface area (Å²) >= 11 is 3.48. The summed E-state index contributed by atoms with van der Waals surface area (Å²) in [6, 6.07) is 6.92. The van der Waals surface area contributed by atoms with Gasteiger partial charge in [0.2, 0.25) is 0 Å². The minimum atomic E-state index is 0.447. The minimum absolute atomic E-state index is 0.447. The summed E-state index contributed by atoms with van der Waals surface area (Å²) < 4.78 is 1.15. The zero-order valence-corrected chi connectivity index (χ0v) is 10.9. The predicted octanol–water partition coefficient (Wildman–Crippen LogP) is 3.67. The summed E-state index contributed by atoms with van der Waals surface area (Å²) in [5.74, 6) is 0.611. The number of hydrogen-bond acceptors (Lipinski definition) is 1. The Morgan fingerprint density at radius 2 is 1.93 bits per heavy atom. The van der Waals surface area contributed by atoms with Gasteiger partial charge in [0.15, 0.2) is 0 Å². The van der Waals surface area contributed by atoms with Crippen molar-refractivity contribution in [2.24, 2.45) is 5.92 Å². The highest BCUT2D eigenvalue weighted by Crippen LogP contribution is 2.26. The first-order valence-electron chi connectivity index (χ1n) is 4.99. The second kappa shape index (κ2) is 4.94. The van der Waals surface area contributed by atoms with Crippen molar-refractivity contribution < 1.29 is 0 Å². The molecule has 0 aliphatic carbocycles. The van der Waals surface area contributed by atoms with Gasteiger partial charge in [-0.25, -0.2) is 0 Å². The second-order valence-corrected chi connectivity index (χ2v) is 4.93. The molecule has 0 saturated carbocycles. The van der Waals surface area contributed by atoms with Crippen LogP contribution < -0.4 is 5.32 Å². The molecule has 14 heavy (non-hydrogen) atoms. The Hall–Kier alpha value is -0.340. The predicted molar refractivity (Wildman–Crippen MR) is 65.5 cm³/mol. The van der Waals surface area contributed by atoms with E-state index in [4.69, 9.17) is 0 Å². The number of benzene rings is 1. The fraction of sp³-hybridized carbons (Fsp3) is 0.500. The SMILES string of the molecule is CNC(c1ccc(Br)cc1C)C(C)C. The van der Waals surface area contributed by atoms with Gasteiger partial charge in [0.25, 0.3) is 0 Å². The van der Waals surface area contributed by atoms with Crippen LogP contribution in [0.2, 0.25) is 0 Å². The van der Waals surface area contributed by atoms with Gasteiger partial charge in [-0.2, -0.15) is 0 Å². The molecule has 1 atom stereocenters. The highest BCUT2D eigenvalue weighted by Gasteiger charge is 2.15. The molecule has 0 amide bonds. The summed E-state index contributed by atoms with van der Waals surface area (Å²) in [5, 5.41) is 3.36. The van der Waals surface area contributed by atoms with Crippen molar-refractivity contribution in [3.63, 3.8) is 0 Å². The maximum Gasteiger partial charge on any atom is 0.0343 e. The molecular weight excluding hydrogens is 238 g/mol. The fourth-order valence-electron chi connectivity index (χ4n) is 1.84. The fourth-order valence-corrected chi connectivity index (χ4v) is 2.31. The average molecular weight is 256 g/mol. The Morgan fingerprint density at radius 1 is 1.29 bits per heavy atom. The van der Waals surface area contributed by atoms with Crippen molar-refractivity contribution in [2.75, 3.05) is 7.05 Å². The highest BCUT2D eigenvalue weighted by molar-refractivity contribution is 9.10. The van der Waals surface area contributed by atoms with Crippen molar-refractivity contribution >= 4 is 15.9 Å². The van der Waals surface area contributed by atoms with E-state index >= 15 is 0 Å². The lowest BCUT2D eigenvalue weighted by Gasteiger charge is -2.22. The maximum atomic E-state index is 3.48. The van der Waals surface area contributed by atoms with Crippen LogP contribution in [0, 0.1) is 12.8 Å². The summed E-state index contributed by atoms with van der Waals surface area (Å²) in [7, 11) is 2.02. The number of nitrogens with one attached hydrogen (secondary N) is 1. The molecule has 2 heteroatoms. The molecule has 78 valence electrons. The van der Waals surface area contributed by atoms with Crippen LogP contribution >= 0.6 is 15.9 Å². The molecule has 0 spiro atoms. The van der Waals surface area contributed by atoms with E-state index in [0.717, 1.165) is 4.47 Å². The number of halogens is 1. The van der Waals surface area contributed by atoms with Gasteiger partial charge in [0.05, 0.1) is 0 Å². The highest BCUT2D eigenvalue weighted by atomic mass is 79.9. The first kappa shape index (κ1) is 11.7. The van der Waals surface area contributed by atoms with Crippen LogP contribution in [-0.4, -0.2) is 7.05 Å². The van der Waals surface area contributed by atoms with Crippen LogP contribution in [0.4, 0.5) is 0 Å². The Labute approximate surface area is 95.0 Å². The van der Waals surface area contributed by atoms with Crippen molar-refractivity contribution in [3.05, 3.63) is 33.8 Å². The van der Waals surface area contributed by atoms with Crippen LogP contribution in [0.25, 0.3) is 0 Å². The largest absolute Gasteiger partial charge is 0.313 e. The molecule has 1 aromatic carbocycles. The molecule has 1 nitrogen and oxygen atoms in total. The lowest BCUT2D eigenvalue weighted by atomic mass is 9.93. The van der Waals surface area contributed by atoms with E-state index in [1.807, 2.05) is 7.05 Å². The lowest BCUT2D eigenvalue weighted by molar-refractivity contribution is 0.441. The molecule has 0 heterocycles. The van der Waals surface area contributed by atoms with E-state index in [2.05, 4.69) is 60.2 Å². The molecule has 0 bridgehead atoms. The van der Waals surface area contributed by atoms with E-state index < -0.39 is 0 Å². The number of aryl methyl sites for hydroxylation is 1. The quantitative estimate of drug-likeness (QED) is 0.870. The average Bonchev–Trinajstić information content (AvgIpc) is 2.09. The maximum absolute atomic E-state index is 3.48.